The standard InChI is InChI=1S/C51H85N3O36/c1-12-26(62)34(70)37(73)47(79-12)88-41-25(54-17(6)60)46(85-21(10-57)39(41)86-45-23(52-15(4)58)33(69)30(66)20(9-56)84-45)87-40-24(53-16(5)59)44(75)82-22(32(40)68)11-78-51(50(76)77)7-19(31(67)42(90-51)29(65)18(61)8-55)83-49-43(36(72)28(64)14(3)81-49)89-48-38(74)35(71)27(63)13(2)80-48/h12-14,18-49,55-57,61-75H,7-11H2,1-6H3,(H,52,58)(H,53,59)(H,54,60)(H,76,77)/t12-,13-,14-,18+,19-,20+,21+,22+,23+,24+,25+,26+,27+,28+,29+,30-,31+,32-,33+,34+,35+,36+,37-,38-,39+,40+,41+,42-,43-,44+,45-,46-,47-,48-,49-,51+/m0/s1. The van der Waals surface area contributed by atoms with Crippen LogP contribution in [0.25, 0.3) is 0 Å². The quantitative estimate of drug-likeness (QED) is 0.0479. The van der Waals surface area contributed by atoms with Gasteiger partial charge in [-0.1, -0.05) is 0 Å². The van der Waals surface area contributed by atoms with Gasteiger partial charge in [0, 0.05) is 27.2 Å². The van der Waals surface area contributed by atoms with Crippen molar-refractivity contribution in [1.82, 2.24) is 16.0 Å². The van der Waals surface area contributed by atoms with E-state index >= 15 is 0 Å². The fourth-order valence-electron chi connectivity index (χ4n) is 11.6. The van der Waals surface area contributed by atoms with Crippen molar-refractivity contribution >= 4 is 23.7 Å². The number of carbonyl (C=O) groups excluding carboxylic acids is 3. The molecule has 0 bridgehead atoms. The third kappa shape index (κ3) is 16.0. The molecule has 3 amide bonds. The molecule has 7 rings (SSSR count). The van der Waals surface area contributed by atoms with E-state index in [9.17, 15) is 116 Å². The largest absolute Gasteiger partial charge is 0.477 e. The summed E-state index contributed by atoms with van der Waals surface area (Å²) < 4.78 is 76.8. The summed E-state index contributed by atoms with van der Waals surface area (Å²) in [6.45, 7) is 2.17. The minimum absolute atomic E-state index is 0.809. The smallest absolute Gasteiger partial charge is 0.364 e. The molecular weight excluding hydrogens is 1230 g/mol. The molecule has 520 valence electrons. The SMILES string of the molecule is CC(=O)N[C@@H]1[C@@H](O[C@@H]2O[C@H](CO)[C@@H](O[C@@H]3O[C@H](CO)[C@H](O)[C@H](O)[C@H]3NC(C)=O)[C@H](O[C@@H]3O[C@@H](C)[C@@H](O)[C@@H](O)[C@@H]3O)[C@H]2NC(C)=O)[C@@H](O)[C@@H](CO[C@]2(C(=O)O)C[C@H](O[C@@H]3O[C@@H](C)[C@@H](O)[C@@H](O)[C@@H]3O[C@@H]3O[C@@H](C)[C@@H](O)[C@@H](O)[C@@H]3O)[C@@H](O)[C@H]([C@H](O)[C@H](O)CO)O2)O[C@H]1O. The first-order valence-corrected chi connectivity index (χ1v) is 28.8. The monoisotopic (exact) mass is 1320 g/mol. The number of carboxylic acid groups (broad SMARTS) is 1. The molecule has 7 heterocycles. The third-order valence-electron chi connectivity index (χ3n) is 16.6. The Morgan fingerprint density at radius 3 is 1.46 bits per heavy atom. The summed E-state index contributed by atoms with van der Waals surface area (Å²) in [5, 5.41) is 215. The van der Waals surface area contributed by atoms with Crippen molar-refractivity contribution in [3.05, 3.63) is 0 Å². The fraction of sp³-hybridized carbons (Fsp3) is 0.922. The zero-order valence-corrected chi connectivity index (χ0v) is 49.2. The van der Waals surface area contributed by atoms with Crippen LogP contribution in [-0.4, -0.2) is 367 Å². The van der Waals surface area contributed by atoms with Crippen LogP contribution < -0.4 is 16.0 Å². The Kier molecular flexibility index (Phi) is 25.5. The van der Waals surface area contributed by atoms with Crippen molar-refractivity contribution in [2.45, 2.75) is 268 Å². The van der Waals surface area contributed by atoms with Crippen molar-refractivity contribution in [3.8, 4) is 0 Å². The predicted molar refractivity (Wildman–Crippen MR) is 280 cm³/mol. The van der Waals surface area contributed by atoms with Gasteiger partial charge in [-0.3, -0.25) is 14.4 Å². The molecule has 7 fully saturated rings. The Labute approximate surface area is 511 Å². The number of carboxylic acids is 1. The minimum Gasteiger partial charge on any atom is -0.477 e. The highest BCUT2D eigenvalue weighted by Gasteiger charge is 2.61. The van der Waals surface area contributed by atoms with E-state index < -0.39 is 277 Å². The van der Waals surface area contributed by atoms with Crippen molar-refractivity contribution in [2.24, 2.45) is 0 Å². The van der Waals surface area contributed by atoms with Crippen LogP contribution in [0.3, 0.4) is 0 Å². The summed E-state index contributed by atoms with van der Waals surface area (Å²) in [4.78, 5) is 52.2. The van der Waals surface area contributed by atoms with Gasteiger partial charge >= 0.3 is 5.97 Å². The first kappa shape index (κ1) is 74.0. The molecule has 39 nitrogen and oxygen atoms in total. The number of aliphatic hydroxyl groups is 18. The van der Waals surface area contributed by atoms with Crippen LogP contribution >= 0.6 is 0 Å². The predicted octanol–water partition coefficient (Wildman–Crippen LogP) is -13.6. The third-order valence-corrected chi connectivity index (χ3v) is 16.6. The van der Waals surface area contributed by atoms with Gasteiger partial charge in [0.1, 0.15) is 152 Å². The summed E-state index contributed by atoms with van der Waals surface area (Å²) in [6.07, 6.45) is -63.5. The van der Waals surface area contributed by atoms with E-state index in [1.165, 1.54) is 20.8 Å². The number of hydrogen-bond donors (Lipinski definition) is 22. The second-order valence-corrected chi connectivity index (χ2v) is 23.2. The Balaban J connectivity index is 1.23. The van der Waals surface area contributed by atoms with Crippen molar-refractivity contribution in [3.63, 3.8) is 0 Å². The highest BCUT2D eigenvalue weighted by Crippen LogP contribution is 2.41. The minimum atomic E-state index is -3.26. The van der Waals surface area contributed by atoms with E-state index in [1.807, 2.05) is 0 Å². The molecule has 0 saturated carbocycles. The van der Waals surface area contributed by atoms with Gasteiger partial charge in [0.15, 0.2) is 37.7 Å². The highest BCUT2D eigenvalue weighted by molar-refractivity contribution is 5.76. The van der Waals surface area contributed by atoms with E-state index in [4.69, 9.17) is 61.6 Å². The van der Waals surface area contributed by atoms with Gasteiger partial charge in [-0.25, -0.2) is 4.79 Å². The van der Waals surface area contributed by atoms with Crippen LogP contribution in [0, 0.1) is 0 Å². The molecule has 0 aromatic carbocycles. The number of aliphatic hydroxyl groups excluding tert-OH is 18. The maximum absolute atomic E-state index is 13.6. The molecule has 22 N–H and O–H groups in total. The molecule has 0 radical (unpaired) electrons. The van der Waals surface area contributed by atoms with Gasteiger partial charge in [-0.2, -0.15) is 0 Å². The Morgan fingerprint density at radius 1 is 0.467 bits per heavy atom. The van der Waals surface area contributed by atoms with Crippen LogP contribution in [0.1, 0.15) is 48.0 Å². The van der Waals surface area contributed by atoms with E-state index in [1.54, 1.807) is 0 Å². The molecular formula is C51H85N3O36. The first-order chi connectivity index (χ1) is 42.2. The highest BCUT2D eigenvalue weighted by atomic mass is 16.8. The van der Waals surface area contributed by atoms with Crippen LogP contribution in [0.2, 0.25) is 0 Å². The summed E-state index contributed by atoms with van der Waals surface area (Å²) in [6, 6.07) is -5.51. The maximum Gasteiger partial charge on any atom is 0.364 e. The van der Waals surface area contributed by atoms with Gasteiger partial charge in [0.05, 0.1) is 50.8 Å². The molecule has 7 saturated heterocycles. The lowest BCUT2D eigenvalue weighted by Crippen LogP contribution is -2.72. The molecule has 39 heteroatoms. The molecule has 0 unspecified atom stereocenters. The van der Waals surface area contributed by atoms with Crippen LogP contribution in [0.5, 0.6) is 0 Å². The van der Waals surface area contributed by atoms with Crippen molar-refractivity contribution in [2.75, 3.05) is 26.4 Å². The number of ether oxygens (including phenoxy) is 13. The van der Waals surface area contributed by atoms with E-state index in [-0.39, 0.29) is 0 Å². The van der Waals surface area contributed by atoms with Gasteiger partial charge in [-0.05, 0) is 20.8 Å². The average molecular weight is 1320 g/mol. The number of amides is 3. The van der Waals surface area contributed by atoms with Crippen LogP contribution in [0.15, 0.2) is 0 Å². The molecule has 7 aliphatic heterocycles. The molecule has 90 heavy (non-hydrogen) atoms. The summed E-state index contributed by atoms with van der Waals surface area (Å²) in [5.74, 6) is -8.03. The number of rotatable bonds is 22. The lowest BCUT2D eigenvalue weighted by atomic mass is 9.90. The molecule has 7 aliphatic rings. The second kappa shape index (κ2) is 31.0. The van der Waals surface area contributed by atoms with Crippen molar-refractivity contribution < 1.29 is 178 Å². The van der Waals surface area contributed by atoms with Gasteiger partial charge < -0.3 is 175 Å². The number of carbonyl (C=O) groups is 4. The number of nitrogens with one attached hydrogen (secondary N) is 3. The Hall–Kier alpha value is -3.36. The zero-order chi connectivity index (χ0) is 66.9. The van der Waals surface area contributed by atoms with E-state index in [0.717, 1.165) is 20.8 Å². The van der Waals surface area contributed by atoms with Gasteiger partial charge in [0.2, 0.25) is 17.7 Å². The summed E-state index contributed by atoms with van der Waals surface area (Å²) in [7, 11) is 0. The number of hydrogen-bond acceptors (Lipinski definition) is 35. The fourth-order valence-corrected chi connectivity index (χ4v) is 11.6. The first-order valence-electron chi connectivity index (χ1n) is 28.8. The summed E-state index contributed by atoms with van der Waals surface area (Å²) in [5.41, 5.74) is 0. The number of aliphatic carboxylic acids is 1. The molecule has 0 spiro atoms. The summed E-state index contributed by atoms with van der Waals surface area (Å²) >= 11 is 0. The van der Waals surface area contributed by atoms with E-state index in [2.05, 4.69) is 16.0 Å². The average Bonchev–Trinajstić information content (AvgIpc) is 0.775. The molecule has 36 atom stereocenters. The molecule has 0 aromatic rings. The molecule has 0 aromatic heterocycles. The van der Waals surface area contributed by atoms with Crippen LogP contribution in [-0.2, 0) is 80.8 Å². The Morgan fingerprint density at radius 2 is 0.933 bits per heavy atom. The van der Waals surface area contributed by atoms with Crippen molar-refractivity contribution in [1.29, 1.82) is 0 Å². The lowest BCUT2D eigenvalue weighted by Gasteiger charge is -2.52. The Bertz CT molecular complexity index is 2360. The lowest BCUT2D eigenvalue weighted by molar-refractivity contribution is -0.388. The van der Waals surface area contributed by atoms with Gasteiger partial charge in [0.25, 0.3) is 5.79 Å². The second-order valence-electron chi connectivity index (χ2n) is 23.2. The van der Waals surface area contributed by atoms with Crippen LogP contribution in [0.4, 0.5) is 0 Å². The normalized spacial score (nSPS) is 48.4. The topological polar surface area (TPSA) is 609 Å². The van der Waals surface area contributed by atoms with Gasteiger partial charge in [-0.15, -0.1) is 0 Å². The zero-order valence-electron chi connectivity index (χ0n) is 49.2. The maximum atomic E-state index is 13.6. The molecule has 0 aliphatic carbocycles. The van der Waals surface area contributed by atoms with E-state index in [0.29, 0.717) is 0 Å².